The van der Waals surface area contributed by atoms with Crippen LogP contribution in [0.4, 0.5) is 0 Å². The molecule has 126 valence electrons. The second-order valence-corrected chi connectivity index (χ2v) is 6.95. The third kappa shape index (κ3) is 4.30. The van der Waals surface area contributed by atoms with Crippen molar-refractivity contribution in [3.8, 4) is 0 Å². The lowest BCUT2D eigenvalue weighted by Gasteiger charge is -2.28. The van der Waals surface area contributed by atoms with Crippen LogP contribution in [0, 0.1) is 5.92 Å². The number of rotatable bonds is 6. The molecular weight excluding hydrogens is 298 g/mol. The molecule has 2 atom stereocenters. The summed E-state index contributed by atoms with van der Waals surface area (Å²) in [5, 5.41) is 5.73. The van der Waals surface area contributed by atoms with Gasteiger partial charge < -0.3 is 5.32 Å². The normalized spacial score (nSPS) is 20.9. The largest absolute Gasteiger partial charge is 0.307 e. The summed E-state index contributed by atoms with van der Waals surface area (Å²) in [5.74, 6) is 0.658. The van der Waals surface area contributed by atoms with Crippen molar-refractivity contribution in [2.45, 2.75) is 45.1 Å². The Kier molecular flexibility index (Phi) is 5.41. The zero-order valence-electron chi connectivity index (χ0n) is 14.3. The predicted octanol–water partition coefficient (Wildman–Crippen LogP) is 3.69. The first-order valence-corrected chi connectivity index (χ1v) is 8.85. The van der Waals surface area contributed by atoms with E-state index in [1.54, 1.807) is 6.92 Å². The molecule has 3 nitrogen and oxygen atoms in total. The van der Waals surface area contributed by atoms with E-state index >= 15 is 0 Å². The monoisotopic (exact) mass is 323 g/mol. The molecular formula is C21H25NO2. The Morgan fingerprint density at radius 3 is 2.67 bits per heavy atom. The van der Waals surface area contributed by atoms with E-state index in [1.165, 1.54) is 10.8 Å². The Morgan fingerprint density at radius 2 is 1.88 bits per heavy atom. The molecule has 0 aromatic heterocycles. The number of Topliss-reactive ketones (excluding diaryl/α,β-unsaturated/α-hetero) is 2. The van der Waals surface area contributed by atoms with E-state index in [1.807, 2.05) is 18.2 Å². The number of carbonyl (C=O) groups excluding carboxylic acids is 2. The summed E-state index contributed by atoms with van der Waals surface area (Å²) >= 11 is 0. The Balaban J connectivity index is 1.52. The van der Waals surface area contributed by atoms with Crippen LogP contribution in [-0.4, -0.2) is 24.2 Å². The van der Waals surface area contributed by atoms with Gasteiger partial charge in [0.05, 0.1) is 6.54 Å². The lowest BCUT2D eigenvalue weighted by molar-refractivity contribution is -0.121. The first kappa shape index (κ1) is 16.8. The van der Waals surface area contributed by atoms with Crippen LogP contribution in [0.5, 0.6) is 0 Å². The first-order chi connectivity index (χ1) is 11.6. The summed E-state index contributed by atoms with van der Waals surface area (Å²) in [7, 11) is 0. The summed E-state index contributed by atoms with van der Waals surface area (Å²) in [6.07, 6.45) is 4.46. The number of hydrogen-bond acceptors (Lipinski definition) is 3. The number of benzene rings is 2. The molecule has 3 rings (SSSR count). The lowest BCUT2D eigenvalue weighted by atomic mass is 9.83. The minimum absolute atomic E-state index is 0.173. The van der Waals surface area contributed by atoms with Crippen LogP contribution in [0.15, 0.2) is 42.5 Å². The number of ketones is 2. The smallest absolute Gasteiger partial charge is 0.150 e. The summed E-state index contributed by atoms with van der Waals surface area (Å²) < 4.78 is 0. The van der Waals surface area contributed by atoms with Gasteiger partial charge in [-0.2, -0.15) is 0 Å². The highest BCUT2D eigenvalue weighted by Crippen LogP contribution is 2.24. The van der Waals surface area contributed by atoms with Crippen molar-refractivity contribution in [2.75, 3.05) is 6.54 Å². The SMILES string of the molecule is CC(=O)C1CCCC(NCC(=O)Cc2ccc3ccccc3c2)C1. The molecule has 0 radical (unpaired) electrons. The quantitative estimate of drug-likeness (QED) is 0.882. The van der Waals surface area contributed by atoms with Crippen LogP contribution in [0.3, 0.4) is 0 Å². The molecule has 0 aliphatic heterocycles. The van der Waals surface area contributed by atoms with Crippen molar-refractivity contribution in [1.82, 2.24) is 5.32 Å². The molecule has 0 amide bonds. The fourth-order valence-corrected chi connectivity index (χ4v) is 3.64. The standard InChI is InChI=1S/C21H25NO2/c1-15(23)18-7-4-8-20(13-18)22-14-21(24)12-16-9-10-17-5-2-3-6-19(17)11-16/h2-3,5-6,9-11,18,20,22H,4,7-8,12-14H2,1H3. The van der Waals surface area contributed by atoms with Crippen LogP contribution in [-0.2, 0) is 16.0 Å². The van der Waals surface area contributed by atoms with Gasteiger partial charge in [-0.1, -0.05) is 48.9 Å². The van der Waals surface area contributed by atoms with Crippen LogP contribution in [0.25, 0.3) is 10.8 Å². The summed E-state index contributed by atoms with van der Waals surface area (Å²) in [6.45, 7) is 2.07. The Bertz CT molecular complexity index is 737. The molecule has 2 unspecified atom stereocenters. The molecule has 0 saturated heterocycles. The van der Waals surface area contributed by atoms with Crippen LogP contribution in [0.1, 0.15) is 38.2 Å². The van der Waals surface area contributed by atoms with Crippen molar-refractivity contribution in [1.29, 1.82) is 0 Å². The average molecular weight is 323 g/mol. The Morgan fingerprint density at radius 1 is 1.08 bits per heavy atom. The van der Waals surface area contributed by atoms with Gasteiger partial charge in [0, 0.05) is 18.4 Å². The van der Waals surface area contributed by atoms with Crippen molar-refractivity contribution >= 4 is 22.3 Å². The van der Waals surface area contributed by atoms with E-state index in [2.05, 4.69) is 29.6 Å². The van der Waals surface area contributed by atoms with Gasteiger partial charge in [0.1, 0.15) is 5.78 Å². The third-order valence-electron chi connectivity index (χ3n) is 5.05. The molecule has 2 aromatic rings. The fraction of sp³-hybridized carbons (Fsp3) is 0.429. The van der Waals surface area contributed by atoms with E-state index in [0.717, 1.165) is 31.2 Å². The van der Waals surface area contributed by atoms with Gasteiger partial charge in [0.2, 0.25) is 0 Å². The fourth-order valence-electron chi connectivity index (χ4n) is 3.64. The van der Waals surface area contributed by atoms with Crippen molar-refractivity contribution in [3.05, 3.63) is 48.0 Å². The maximum atomic E-state index is 12.3. The van der Waals surface area contributed by atoms with E-state index in [4.69, 9.17) is 0 Å². The van der Waals surface area contributed by atoms with Crippen molar-refractivity contribution < 1.29 is 9.59 Å². The molecule has 0 bridgehead atoms. The molecule has 1 aliphatic carbocycles. The maximum absolute atomic E-state index is 12.3. The summed E-state index contributed by atoms with van der Waals surface area (Å²) in [6, 6.07) is 14.7. The topological polar surface area (TPSA) is 46.2 Å². The van der Waals surface area contributed by atoms with E-state index < -0.39 is 0 Å². The second-order valence-electron chi connectivity index (χ2n) is 6.95. The molecule has 2 aromatic carbocycles. The molecule has 1 N–H and O–H groups in total. The van der Waals surface area contributed by atoms with Crippen LogP contribution >= 0.6 is 0 Å². The zero-order chi connectivity index (χ0) is 16.9. The molecule has 24 heavy (non-hydrogen) atoms. The maximum Gasteiger partial charge on any atom is 0.150 e. The van der Waals surface area contributed by atoms with Gasteiger partial charge in [-0.3, -0.25) is 9.59 Å². The lowest BCUT2D eigenvalue weighted by Crippen LogP contribution is -2.39. The molecule has 1 aliphatic rings. The minimum Gasteiger partial charge on any atom is -0.307 e. The van der Waals surface area contributed by atoms with E-state index in [9.17, 15) is 9.59 Å². The van der Waals surface area contributed by atoms with Crippen molar-refractivity contribution in [2.24, 2.45) is 5.92 Å². The second kappa shape index (κ2) is 7.71. The van der Waals surface area contributed by atoms with Gasteiger partial charge >= 0.3 is 0 Å². The number of hydrogen-bond donors (Lipinski definition) is 1. The number of carbonyl (C=O) groups is 2. The predicted molar refractivity (Wildman–Crippen MR) is 97.1 cm³/mol. The molecule has 3 heteroatoms. The molecule has 1 fully saturated rings. The summed E-state index contributed by atoms with van der Waals surface area (Å²) in [4.78, 5) is 23.8. The molecule has 1 saturated carbocycles. The highest BCUT2D eigenvalue weighted by Gasteiger charge is 2.24. The van der Waals surface area contributed by atoms with Gasteiger partial charge in [-0.25, -0.2) is 0 Å². The number of nitrogens with one attached hydrogen (secondary N) is 1. The Hall–Kier alpha value is -2.00. The average Bonchev–Trinajstić information content (AvgIpc) is 2.60. The van der Waals surface area contributed by atoms with E-state index in [-0.39, 0.29) is 17.5 Å². The third-order valence-corrected chi connectivity index (χ3v) is 5.05. The molecule has 0 heterocycles. The number of fused-ring (bicyclic) bond motifs is 1. The van der Waals surface area contributed by atoms with Gasteiger partial charge in [-0.05, 0) is 42.5 Å². The highest BCUT2D eigenvalue weighted by molar-refractivity contribution is 5.87. The van der Waals surface area contributed by atoms with Gasteiger partial charge in [0.15, 0.2) is 5.78 Å². The highest BCUT2D eigenvalue weighted by atomic mass is 16.1. The zero-order valence-corrected chi connectivity index (χ0v) is 14.3. The van der Waals surface area contributed by atoms with Crippen LogP contribution in [0.2, 0.25) is 0 Å². The van der Waals surface area contributed by atoms with Crippen LogP contribution < -0.4 is 5.32 Å². The Labute approximate surface area is 143 Å². The van der Waals surface area contributed by atoms with Gasteiger partial charge in [-0.15, -0.1) is 0 Å². The minimum atomic E-state index is 0.173. The van der Waals surface area contributed by atoms with E-state index in [0.29, 0.717) is 19.0 Å². The first-order valence-electron chi connectivity index (χ1n) is 8.85. The van der Waals surface area contributed by atoms with Crippen molar-refractivity contribution in [3.63, 3.8) is 0 Å². The van der Waals surface area contributed by atoms with Gasteiger partial charge in [0.25, 0.3) is 0 Å². The molecule has 0 spiro atoms. The summed E-state index contributed by atoms with van der Waals surface area (Å²) in [5.41, 5.74) is 1.06.